The number of ether oxygens (including phenoxy) is 1. The summed E-state index contributed by atoms with van der Waals surface area (Å²) < 4.78 is 5.72. The maximum Gasteiger partial charge on any atom is 0.337 e. The first-order valence-corrected chi connectivity index (χ1v) is 11.6. The fourth-order valence-corrected chi connectivity index (χ4v) is 4.28. The number of carboxylic acid groups (broad SMARTS) is 1. The summed E-state index contributed by atoms with van der Waals surface area (Å²) in [5, 5.41) is 14.2. The van der Waals surface area contributed by atoms with Crippen LogP contribution in [-0.2, 0) is 0 Å². The molecule has 4 aromatic carbocycles. The molecular weight excluding hydrogens is 448 g/mol. The molecule has 0 atom stereocenters. The highest BCUT2D eigenvalue weighted by Gasteiger charge is 2.13. The van der Waals surface area contributed by atoms with Crippen molar-refractivity contribution in [1.82, 2.24) is 0 Å². The van der Waals surface area contributed by atoms with Gasteiger partial charge in [0.25, 0.3) is 5.91 Å². The van der Waals surface area contributed by atoms with E-state index in [0.29, 0.717) is 18.7 Å². The summed E-state index contributed by atoms with van der Waals surface area (Å²) in [4.78, 5) is 26.0. The smallest absolute Gasteiger partial charge is 0.337 e. The summed E-state index contributed by atoms with van der Waals surface area (Å²) in [7, 11) is 0. The van der Waals surface area contributed by atoms with Gasteiger partial charge in [0.1, 0.15) is 5.75 Å². The Morgan fingerprint density at radius 2 is 1.59 bits per heavy atom. The third-order valence-corrected chi connectivity index (χ3v) is 6.16. The Morgan fingerprint density at radius 1 is 0.882 bits per heavy atom. The summed E-state index contributed by atoms with van der Waals surface area (Å²) in [5.74, 6) is -0.616. The number of rotatable bonds is 9. The Balaban J connectivity index is 1.42. The number of benzene rings is 4. The van der Waals surface area contributed by atoms with Crippen molar-refractivity contribution in [2.45, 2.75) is 16.2 Å². The van der Waals surface area contributed by atoms with Crippen molar-refractivity contribution in [3.63, 3.8) is 0 Å². The quantitative estimate of drug-likeness (QED) is 0.271. The van der Waals surface area contributed by atoms with E-state index in [2.05, 4.69) is 23.5 Å². The van der Waals surface area contributed by atoms with Crippen LogP contribution in [0.4, 0.5) is 5.69 Å². The maximum absolute atomic E-state index is 12.6. The number of hydrogen-bond acceptors (Lipinski definition) is 5. The number of nitrogens with two attached hydrogens (primary N) is 1. The van der Waals surface area contributed by atoms with Crippen LogP contribution in [0.15, 0.2) is 94.7 Å². The molecule has 0 saturated carbocycles. The number of hydrogen-bond donors (Lipinski definition) is 3. The number of para-hydroxylation sites is 1. The van der Waals surface area contributed by atoms with Crippen molar-refractivity contribution in [2.75, 3.05) is 18.5 Å². The summed E-state index contributed by atoms with van der Waals surface area (Å²) in [6.07, 6.45) is 0.823. The Morgan fingerprint density at radius 3 is 2.35 bits per heavy atom. The summed E-state index contributed by atoms with van der Waals surface area (Å²) in [6, 6.07) is 25.8. The molecule has 0 aliphatic carbocycles. The van der Waals surface area contributed by atoms with Gasteiger partial charge < -0.3 is 20.9 Å². The Bertz CT molecular complexity index is 1320. The molecule has 0 spiro atoms. The van der Waals surface area contributed by atoms with E-state index in [1.54, 1.807) is 42.1 Å². The lowest BCUT2D eigenvalue weighted by atomic mass is 10.1. The van der Waals surface area contributed by atoms with Crippen LogP contribution >= 0.6 is 11.8 Å². The number of nitrogens with one attached hydrogen (secondary N) is 1. The molecule has 0 fully saturated rings. The molecule has 4 aromatic rings. The second kappa shape index (κ2) is 10.9. The molecule has 0 heterocycles. The van der Waals surface area contributed by atoms with Crippen molar-refractivity contribution in [3.8, 4) is 5.75 Å². The molecule has 0 radical (unpaired) electrons. The fourth-order valence-electron chi connectivity index (χ4n) is 3.41. The minimum absolute atomic E-state index is 0.0496. The number of carboxylic acids is 1. The third-order valence-electron chi connectivity index (χ3n) is 5.16. The van der Waals surface area contributed by atoms with Crippen LogP contribution < -0.4 is 15.8 Å². The van der Waals surface area contributed by atoms with Crippen LogP contribution in [0.5, 0.6) is 5.75 Å². The van der Waals surface area contributed by atoms with Crippen LogP contribution in [0.3, 0.4) is 0 Å². The van der Waals surface area contributed by atoms with Gasteiger partial charge in [0.15, 0.2) is 0 Å². The molecule has 1 amide bonds. The van der Waals surface area contributed by atoms with Gasteiger partial charge in [-0.3, -0.25) is 4.79 Å². The van der Waals surface area contributed by atoms with E-state index in [4.69, 9.17) is 10.5 Å². The van der Waals surface area contributed by atoms with E-state index in [1.807, 2.05) is 30.3 Å². The van der Waals surface area contributed by atoms with Crippen LogP contribution in [-0.4, -0.2) is 30.1 Å². The Kier molecular flexibility index (Phi) is 7.47. The molecule has 0 aliphatic rings. The van der Waals surface area contributed by atoms with Crippen molar-refractivity contribution in [2.24, 2.45) is 5.73 Å². The normalized spacial score (nSPS) is 10.7. The third kappa shape index (κ3) is 5.75. The van der Waals surface area contributed by atoms with Gasteiger partial charge in [0, 0.05) is 15.4 Å². The molecule has 34 heavy (non-hydrogen) atoms. The summed E-state index contributed by atoms with van der Waals surface area (Å²) in [5.41, 5.74) is 6.28. The van der Waals surface area contributed by atoms with Gasteiger partial charge in [0.05, 0.1) is 17.9 Å². The largest absolute Gasteiger partial charge is 0.494 e. The highest BCUT2D eigenvalue weighted by Crippen LogP contribution is 2.31. The lowest BCUT2D eigenvalue weighted by Crippen LogP contribution is -2.14. The first kappa shape index (κ1) is 23.4. The molecule has 6 nitrogen and oxygen atoms in total. The lowest BCUT2D eigenvalue weighted by molar-refractivity contribution is 0.0698. The van der Waals surface area contributed by atoms with E-state index in [9.17, 15) is 14.7 Å². The van der Waals surface area contributed by atoms with E-state index < -0.39 is 5.97 Å². The second-order valence-corrected chi connectivity index (χ2v) is 8.74. The zero-order chi connectivity index (χ0) is 23.9. The van der Waals surface area contributed by atoms with E-state index in [-0.39, 0.29) is 17.2 Å². The molecule has 0 saturated heterocycles. The van der Waals surface area contributed by atoms with Gasteiger partial charge in [-0.25, -0.2) is 4.79 Å². The van der Waals surface area contributed by atoms with E-state index in [0.717, 1.165) is 32.7 Å². The van der Waals surface area contributed by atoms with Crippen molar-refractivity contribution in [1.29, 1.82) is 0 Å². The first-order valence-electron chi connectivity index (χ1n) is 10.8. The first-order chi connectivity index (χ1) is 16.5. The van der Waals surface area contributed by atoms with Crippen LogP contribution in [0.2, 0.25) is 0 Å². The number of carbonyl (C=O) groups excluding carboxylic acids is 1. The van der Waals surface area contributed by atoms with Crippen molar-refractivity contribution >= 4 is 40.1 Å². The van der Waals surface area contributed by atoms with Gasteiger partial charge >= 0.3 is 5.97 Å². The van der Waals surface area contributed by atoms with Gasteiger partial charge in [0.2, 0.25) is 0 Å². The second-order valence-electron chi connectivity index (χ2n) is 7.59. The minimum atomic E-state index is -1.09. The van der Waals surface area contributed by atoms with Gasteiger partial charge in [-0.2, -0.15) is 0 Å². The van der Waals surface area contributed by atoms with Crippen LogP contribution in [0.1, 0.15) is 27.1 Å². The maximum atomic E-state index is 12.6. The predicted octanol–water partition coefficient (Wildman–Crippen LogP) is 5.67. The molecule has 0 unspecified atom stereocenters. The molecule has 4 N–H and O–H groups in total. The van der Waals surface area contributed by atoms with E-state index >= 15 is 0 Å². The Hall–Kier alpha value is -3.81. The average Bonchev–Trinajstić information content (AvgIpc) is 2.85. The SMILES string of the molecule is NCCCOc1ccc2cc(Sc3ccc(C(=O)Nc4ccccc4C(=O)O)cc3)ccc2c1. The summed E-state index contributed by atoms with van der Waals surface area (Å²) in [6.45, 7) is 1.22. The average molecular weight is 473 g/mol. The monoisotopic (exact) mass is 472 g/mol. The lowest BCUT2D eigenvalue weighted by Gasteiger charge is -2.09. The number of carbonyl (C=O) groups is 2. The topological polar surface area (TPSA) is 102 Å². The molecule has 0 bridgehead atoms. The summed E-state index contributed by atoms with van der Waals surface area (Å²) >= 11 is 1.60. The number of amides is 1. The predicted molar refractivity (Wildman–Crippen MR) is 135 cm³/mol. The zero-order valence-electron chi connectivity index (χ0n) is 18.4. The highest BCUT2D eigenvalue weighted by atomic mass is 32.2. The number of anilines is 1. The number of fused-ring (bicyclic) bond motifs is 1. The van der Waals surface area contributed by atoms with E-state index in [1.165, 1.54) is 6.07 Å². The number of aromatic carboxylic acids is 1. The minimum Gasteiger partial charge on any atom is -0.494 e. The van der Waals surface area contributed by atoms with Crippen LogP contribution in [0.25, 0.3) is 10.8 Å². The van der Waals surface area contributed by atoms with Gasteiger partial charge in [-0.1, -0.05) is 36.0 Å². The molecule has 7 heteroatoms. The van der Waals surface area contributed by atoms with Crippen LogP contribution in [0, 0.1) is 0 Å². The fraction of sp³-hybridized carbons (Fsp3) is 0.111. The highest BCUT2D eigenvalue weighted by molar-refractivity contribution is 7.99. The van der Waals surface area contributed by atoms with Gasteiger partial charge in [-0.15, -0.1) is 0 Å². The molecular formula is C27H24N2O4S. The standard InChI is InChI=1S/C27H24N2O4S/c28-14-3-15-33-21-10-6-20-17-23(13-9-19(20)16-21)34-22-11-7-18(8-12-22)26(30)29-25-5-2-1-4-24(25)27(31)32/h1-2,4-13,16-17H,3,14-15,28H2,(H,29,30)(H,31,32). The molecule has 4 rings (SSSR count). The molecule has 0 aliphatic heterocycles. The van der Waals surface area contributed by atoms with Crippen molar-refractivity contribution in [3.05, 3.63) is 96.1 Å². The zero-order valence-corrected chi connectivity index (χ0v) is 19.2. The Labute approximate surface area is 201 Å². The van der Waals surface area contributed by atoms with Crippen molar-refractivity contribution < 1.29 is 19.4 Å². The molecule has 172 valence electrons. The van der Waals surface area contributed by atoms with Gasteiger partial charge in [-0.05, 0) is 84.4 Å². The molecule has 0 aromatic heterocycles.